The predicted molar refractivity (Wildman–Crippen MR) is 122 cm³/mol. The molecule has 1 N–H and O–H groups in total. The SMILES string of the molecule is Cc1nc(CN2CCC(C(=O)NCc3ccc(OCc4cccnc4)cc3)CC2)cs1. The van der Waals surface area contributed by atoms with Gasteiger partial charge in [-0.25, -0.2) is 4.98 Å². The summed E-state index contributed by atoms with van der Waals surface area (Å²) >= 11 is 1.69. The van der Waals surface area contributed by atoms with Crippen molar-refractivity contribution in [3.05, 3.63) is 76.0 Å². The molecule has 0 radical (unpaired) electrons. The van der Waals surface area contributed by atoms with Crippen molar-refractivity contribution in [2.24, 2.45) is 5.92 Å². The van der Waals surface area contributed by atoms with Gasteiger partial charge in [-0.3, -0.25) is 14.7 Å². The third kappa shape index (κ3) is 6.35. The molecule has 2 aromatic heterocycles. The van der Waals surface area contributed by atoms with Crippen LogP contribution in [0.5, 0.6) is 5.75 Å². The molecule has 3 heterocycles. The van der Waals surface area contributed by atoms with Crippen molar-refractivity contribution >= 4 is 17.2 Å². The minimum atomic E-state index is 0.0931. The van der Waals surface area contributed by atoms with Crippen molar-refractivity contribution in [3.63, 3.8) is 0 Å². The number of aryl methyl sites for hydroxylation is 1. The van der Waals surface area contributed by atoms with Gasteiger partial charge in [0.1, 0.15) is 12.4 Å². The van der Waals surface area contributed by atoms with Gasteiger partial charge in [-0.05, 0) is 56.6 Å². The van der Waals surface area contributed by atoms with Crippen molar-refractivity contribution in [2.45, 2.75) is 39.5 Å². The van der Waals surface area contributed by atoms with Crippen LogP contribution in [0.25, 0.3) is 0 Å². The Hall–Kier alpha value is -2.77. The Morgan fingerprint density at radius 3 is 2.68 bits per heavy atom. The zero-order chi connectivity index (χ0) is 21.5. The number of nitrogens with zero attached hydrogens (tertiary/aromatic N) is 3. The zero-order valence-electron chi connectivity index (χ0n) is 17.8. The topological polar surface area (TPSA) is 67.4 Å². The maximum absolute atomic E-state index is 12.6. The highest BCUT2D eigenvalue weighted by molar-refractivity contribution is 7.09. The summed E-state index contributed by atoms with van der Waals surface area (Å²) in [4.78, 5) is 23.6. The average molecular weight is 437 g/mol. The molecule has 7 heteroatoms. The maximum atomic E-state index is 12.6. The second-order valence-corrected chi connectivity index (χ2v) is 8.98. The number of piperidine rings is 1. The number of hydrogen-bond donors (Lipinski definition) is 1. The van der Waals surface area contributed by atoms with Crippen LogP contribution >= 0.6 is 11.3 Å². The average Bonchev–Trinajstić information content (AvgIpc) is 3.22. The van der Waals surface area contributed by atoms with Gasteiger partial charge < -0.3 is 10.1 Å². The van der Waals surface area contributed by atoms with E-state index in [1.54, 1.807) is 23.7 Å². The smallest absolute Gasteiger partial charge is 0.223 e. The van der Waals surface area contributed by atoms with Crippen LogP contribution in [0.3, 0.4) is 0 Å². The Bertz CT molecular complexity index is 967. The number of carbonyl (C=O) groups is 1. The Morgan fingerprint density at radius 2 is 2.00 bits per heavy atom. The molecule has 0 bridgehead atoms. The van der Waals surface area contributed by atoms with Crippen LogP contribution in [0.2, 0.25) is 0 Å². The third-order valence-corrected chi connectivity index (χ3v) is 6.35. The monoisotopic (exact) mass is 436 g/mol. The Balaban J connectivity index is 1.17. The molecule has 3 aromatic rings. The highest BCUT2D eigenvalue weighted by Crippen LogP contribution is 2.20. The Kier molecular flexibility index (Phi) is 7.27. The number of hydrogen-bond acceptors (Lipinski definition) is 6. The van der Waals surface area contributed by atoms with E-state index in [0.717, 1.165) is 60.1 Å². The largest absolute Gasteiger partial charge is 0.489 e. The first-order valence-corrected chi connectivity index (χ1v) is 11.6. The molecule has 0 spiro atoms. The second kappa shape index (κ2) is 10.5. The van der Waals surface area contributed by atoms with Crippen LogP contribution in [0.15, 0.2) is 54.2 Å². The normalized spacial score (nSPS) is 15.0. The molecule has 1 aromatic carbocycles. The Labute approximate surface area is 187 Å². The van der Waals surface area contributed by atoms with Gasteiger partial charge in [-0.2, -0.15) is 0 Å². The van der Waals surface area contributed by atoms with Crippen molar-refractivity contribution < 1.29 is 9.53 Å². The van der Waals surface area contributed by atoms with Gasteiger partial charge in [0.25, 0.3) is 0 Å². The lowest BCUT2D eigenvalue weighted by molar-refractivity contribution is -0.126. The van der Waals surface area contributed by atoms with Crippen molar-refractivity contribution in [2.75, 3.05) is 13.1 Å². The van der Waals surface area contributed by atoms with Gasteiger partial charge in [0.2, 0.25) is 5.91 Å². The van der Waals surface area contributed by atoms with Crippen LogP contribution in [-0.2, 0) is 24.5 Å². The lowest BCUT2D eigenvalue weighted by atomic mass is 9.95. The summed E-state index contributed by atoms with van der Waals surface area (Å²) in [5, 5.41) is 6.33. The lowest BCUT2D eigenvalue weighted by Gasteiger charge is -2.30. The number of nitrogens with one attached hydrogen (secondary N) is 1. The first-order chi connectivity index (χ1) is 15.2. The van der Waals surface area contributed by atoms with Crippen LogP contribution < -0.4 is 10.1 Å². The van der Waals surface area contributed by atoms with Crippen molar-refractivity contribution in [3.8, 4) is 5.75 Å². The van der Waals surface area contributed by atoms with Gasteiger partial charge in [0, 0.05) is 42.3 Å². The van der Waals surface area contributed by atoms with E-state index < -0.39 is 0 Å². The molecule has 0 saturated carbocycles. The molecule has 162 valence electrons. The molecule has 1 fully saturated rings. The number of amides is 1. The number of pyridine rings is 1. The first kappa shape index (κ1) is 21.5. The fourth-order valence-electron chi connectivity index (χ4n) is 3.75. The van der Waals surface area contributed by atoms with Gasteiger partial charge in [-0.1, -0.05) is 18.2 Å². The Morgan fingerprint density at radius 1 is 1.19 bits per heavy atom. The predicted octanol–water partition coefficient (Wildman–Crippen LogP) is 3.95. The summed E-state index contributed by atoms with van der Waals surface area (Å²) < 4.78 is 5.79. The van der Waals surface area contributed by atoms with E-state index in [-0.39, 0.29) is 11.8 Å². The number of carbonyl (C=O) groups excluding carboxylic acids is 1. The zero-order valence-corrected chi connectivity index (χ0v) is 18.6. The summed E-state index contributed by atoms with van der Waals surface area (Å²) in [5.74, 6) is 1.05. The summed E-state index contributed by atoms with van der Waals surface area (Å²) in [7, 11) is 0. The van der Waals surface area contributed by atoms with Crippen molar-refractivity contribution in [1.82, 2.24) is 20.2 Å². The van der Waals surface area contributed by atoms with E-state index in [1.807, 2.05) is 43.3 Å². The molecule has 31 heavy (non-hydrogen) atoms. The summed E-state index contributed by atoms with van der Waals surface area (Å²) in [6.45, 7) is 5.83. The van der Waals surface area contributed by atoms with E-state index in [4.69, 9.17) is 4.74 Å². The molecule has 1 amide bonds. The maximum Gasteiger partial charge on any atom is 0.223 e. The number of likely N-dealkylation sites (tertiary alicyclic amines) is 1. The summed E-state index contributed by atoms with van der Waals surface area (Å²) in [5.41, 5.74) is 3.24. The van der Waals surface area contributed by atoms with E-state index >= 15 is 0 Å². The number of thiazole rings is 1. The highest BCUT2D eigenvalue weighted by atomic mass is 32.1. The number of aromatic nitrogens is 2. The molecule has 4 rings (SSSR count). The van der Waals surface area contributed by atoms with Crippen molar-refractivity contribution in [1.29, 1.82) is 0 Å². The molecule has 0 atom stereocenters. The summed E-state index contributed by atoms with van der Waals surface area (Å²) in [6.07, 6.45) is 5.35. The number of ether oxygens (including phenoxy) is 1. The van der Waals surface area contributed by atoms with Gasteiger partial charge >= 0.3 is 0 Å². The molecule has 0 aliphatic carbocycles. The van der Waals surface area contributed by atoms with Gasteiger partial charge in [0.05, 0.1) is 10.7 Å². The minimum Gasteiger partial charge on any atom is -0.489 e. The molecule has 1 aliphatic rings. The molecule has 1 aliphatic heterocycles. The van der Waals surface area contributed by atoms with Gasteiger partial charge in [-0.15, -0.1) is 11.3 Å². The second-order valence-electron chi connectivity index (χ2n) is 7.92. The van der Waals surface area contributed by atoms with E-state index in [1.165, 1.54) is 0 Å². The van der Waals surface area contributed by atoms with E-state index in [2.05, 4.69) is 25.6 Å². The standard InChI is InChI=1S/C24H28N4O2S/c1-18-27-22(17-31-18)15-28-11-8-21(9-12-28)24(29)26-14-19-4-6-23(7-5-19)30-16-20-3-2-10-25-13-20/h2-7,10,13,17,21H,8-9,11-12,14-16H2,1H3,(H,26,29). The number of rotatable bonds is 8. The van der Waals surface area contributed by atoms with Crippen LogP contribution in [0.4, 0.5) is 0 Å². The minimum absolute atomic E-state index is 0.0931. The quantitative estimate of drug-likeness (QED) is 0.579. The highest BCUT2D eigenvalue weighted by Gasteiger charge is 2.25. The number of benzene rings is 1. The first-order valence-electron chi connectivity index (χ1n) is 10.7. The molecule has 0 unspecified atom stereocenters. The van der Waals surface area contributed by atoms with E-state index in [9.17, 15) is 4.79 Å². The molecular formula is C24H28N4O2S. The molecular weight excluding hydrogens is 408 g/mol. The van der Waals surface area contributed by atoms with Crippen LogP contribution in [0, 0.1) is 12.8 Å². The van der Waals surface area contributed by atoms with Gasteiger partial charge in [0.15, 0.2) is 0 Å². The van der Waals surface area contributed by atoms with Crippen LogP contribution in [0.1, 0.15) is 34.7 Å². The third-order valence-electron chi connectivity index (χ3n) is 5.53. The summed E-state index contributed by atoms with van der Waals surface area (Å²) in [6, 6.07) is 11.8. The molecule has 1 saturated heterocycles. The fourth-order valence-corrected chi connectivity index (χ4v) is 4.35. The lowest BCUT2D eigenvalue weighted by Crippen LogP contribution is -2.40. The fraction of sp³-hybridized carbons (Fsp3) is 0.375. The molecule has 6 nitrogen and oxygen atoms in total. The van der Waals surface area contributed by atoms with E-state index in [0.29, 0.717) is 13.2 Å². The van der Waals surface area contributed by atoms with Crippen LogP contribution in [-0.4, -0.2) is 33.9 Å².